The second-order valence-corrected chi connectivity index (χ2v) is 6.61. The number of nitrogens with one attached hydrogen (secondary N) is 1. The molecule has 0 bridgehead atoms. The van der Waals surface area contributed by atoms with Gasteiger partial charge in [0.1, 0.15) is 0 Å². The van der Waals surface area contributed by atoms with Crippen LogP contribution in [0.1, 0.15) is 24.0 Å². The van der Waals surface area contributed by atoms with Gasteiger partial charge in [0.15, 0.2) is 0 Å². The van der Waals surface area contributed by atoms with Gasteiger partial charge in [0.2, 0.25) is 0 Å². The van der Waals surface area contributed by atoms with Crippen LogP contribution in [0.2, 0.25) is 0 Å². The average Bonchev–Trinajstić information content (AvgIpc) is 2.67. The number of ether oxygens (including phenoxy) is 2. The summed E-state index contributed by atoms with van der Waals surface area (Å²) >= 11 is 0. The molecule has 2 aromatic carbocycles. The number of benzene rings is 2. The van der Waals surface area contributed by atoms with Gasteiger partial charge in [-0.3, -0.25) is 0 Å². The maximum atomic E-state index is 10.6. The highest BCUT2D eigenvalue weighted by Gasteiger charge is 2.37. The lowest BCUT2D eigenvalue weighted by Gasteiger charge is -2.38. The first-order valence-electron chi connectivity index (χ1n) is 8.92. The first-order chi connectivity index (χ1) is 12.3. The van der Waals surface area contributed by atoms with Crippen LogP contribution in [-0.4, -0.2) is 36.5 Å². The van der Waals surface area contributed by atoms with E-state index in [1.54, 1.807) is 0 Å². The van der Waals surface area contributed by atoms with Crippen molar-refractivity contribution in [3.63, 3.8) is 0 Å². The lowest BCUT2D eigenvalue weighted by molar-refractivity contribution is -0.122. The van der Waals surface area contributed by atoms with Crippen LogP contribution in [0.3, 0.4) is 0 Å². The average molecular weight is 341 g/mol. The molecule has 0 amide bonds. The molecule has 4 atom stereocenters. The zero-order valence-corrected chi connectivity index (χ0v) is 14.7. The topological polar surface area (TPSA) is 50.7 Å². The van der Waals surface area contributed by atoms with Crippen LogP contribution >= 0.6 is 0 Å². The molecule has 25 heavy (non-hydrogen) atoms. The Hall–Kier alpha value is -1.72. The lowest BCUT2D eigenvalue weighted by Crippen LogP contribution is -2.53. The number of hydrogen-bond donors (Lipinski definition) is 2. The van der Waals surface area contributed by atoms with E-state index < -0.39 is 6.10 Å². The van der Waals surface area contributed by atoms with Crippen molar-refractivity contribution in [2.45, 2.75) is 50.4 Å². The Bertz CT molecular complexity index is 620. The summed E-state index contributed by atoms with van der Waals surface area (Å²) in [6.45, 7) is 1.09. The number of likely N-dealkylation sites (N-methyl/N-ethyl adjacent to an activating group) is 1. The fraction of sp³-hybridized carbons (Fsp3) is 0.429. The summed E-state index contributed by atoms with van der Waals surface area (Å²) in [6, 6.07) is 20.2. The summed E-state index contributed by atoms with van der Waals surface area (Å²) < 4.78 is 12.1. The first-order valence-corrected chi connectivity index (χ1v) is 8.92. The van der Waals surface area contributed by atoms with Crippen LogP contribution in [0.5, 0.6) is 0 Å². The van der Waals surface area contributed by atoms with Gasteiger partial charge in [0, 0.05) is 12.5 Å². The molecule has 2 aromatic rings. The molecule has 0 unspecified atom stereocenters. The molecule has 1 aliphatic carbocycles. The Kier molecular flexibility index (Phi) is 6.59. The molecule has 0 spiro atoms. The Labute approximate surface area is 149 Å². The van der Waals surface area contributed by atoms with Gasteiger partial charge in [-0.1, -0.05) is 60.7 Å². The van der Waals surface area contributed by atoms with Crippen LogP contribution < -0.4 is 5.32 Å². The summed E-state index contributed by atoms with van der Waals surface area (Å²) in [4.78, 5) is 0. The lowest BCUT2D eigenvalue weighted by atomic mass is 9.87. The summed E-state index contributed by atoms with van der Waals surface area (Å²) in [5.74, 6) is 0. The molecule has 1 aliphatic rings. The van der Waals surface area contributed by atoms with E-state index in [-0.39, 0.29) is 18.2 Å². The minimum absolute atomic E-state index is 0.0182. The van der Waals surface area contributed by atoms with Gasteiger partial charge < -0.3 is 19.9 Å². The molecule has 4 heteroatoms. The first kappa shape index (κ1) is 18.1. The van der Waals surface area contributed by atoms with Gasteiger partial charge in [-0.15, -0.1) is 0 Å². The largest absolute Gasteiger partial charge is 0.389 e. The van der Waals surface area contributed by atoms with Crippen molar-refractivity contribution in [1.82, 2.24) is 5.32 Å². The highest BCUT2D eigenvalue weighted by Crippen LogP contribution is 2.26. The van der Waals surface area contributed by atoms with Gasteiger partial charge >= 0.3 is 0 Å². The van der Waals surface area contributed by atoms with Crippen LogP contribution in [0, 0.1) is 0 Å². The van der Waals surface area contributed by atoms with E-state index in [0.29, 0.717) is 19.6 Å². The monoisotopic (exact) mass is 341 g/mol. The Morgan fingerprint density at radius 3 is 2.00 bits per heavy atom. The number of aliphatic hydroxyl groups excluding tert-OH is 1. The summed E-state index contributed by atoms with van der Waals surface area (Å²) in [5.41, 5.74) is 2.28. The second kappa shape index (κ2) is 9.11. The predicted octanol–water partition coefficient (Wildman–Crippen LogP) is 2.90. The molecule has 3 rings (SSSR count). The van der Waals surface area contributed by atoms with E-state index in [1.165, 1.54) is 0 Å². The van der Waals surface area contributed by atoms with Crippen molar-refractivity contribution < 1.29 is 14.6 Å². The van der Waals surface area contributed by atoms with Crippen molar-refractivity contribution >= 4 is 0 Å². The zero-order chi connectivity index (χ0) is 17.5. The van der Waals surface area contributed by atoms with Crippen LogP contribution in [0.25, 0.3) is 0 Å². The minimum Gasteiger partial charge on any atom is -0.389 e. The fourth-order valence-electron chi connectivity index (χ4n) is 3.33. The van der Waals surface area contributed by atoms with E-state index >= 15 is 0 Å². The molecular formula is C21H27NO3. The van der Waals surface area contributed by atoms with Gasteiger partial charge in [-0.2, -0.15) is 0 Å². The zero-order valence-electron chi connectivity index (χ0n) is 14.7. The SMILES string of the molecule is CN[C@@H]1C[C@H](OCc2ccccc2)C[C@@H](OCc2ccccc2)[C@H]1O. The van der Waals surface area contributed by atoms with Crippen molar-refractivity contribution in [3.05, 3.63) is 71.8 Å². The van der Waals surface area contributed by atoms with E-state index in [9.17, 15) is 5.11 Å². The molecule has 0 heterocycles. The summed E-state index contributed by atoms with van der Waals surface area (Å²) in [6.07, 6.45) is 0.814. The van der Waals surface area contributed by atoms with Crippen molar-refractivity contribution in [2.75, 3.05) is 7.05 Å². The van der Waals surface area contributed by atoms with Gasteiger partial charge in [0.25, 0.3) is 0 Å². The fourth-order valence-corrected chi connectivity index (χ4v) is 3.33. The maximum absolute atomic E-state index is 10.6. The standard InChI is InChI=1S/C21H27NO3/c1-22-19-12-18(24-14-16-8-4-2-5-9-16)13-20(21(19)23)25-15-17-10-6-3-7-11-17/h2-11,18-23H,12-15H2,1H3/t18-,19+,20+,21-/m0/s1. The van der Waals surface area contributed by atoms with Crippen LogP contribution in [-0.2, 0) is 22.7 Å². The van der Waals surface area contributed by atoms with Crippen LogP contribution in [0.15, 0.2) is 60.7 Å². The number of hydrogen-bond acceptors (Lipinski definition) is 4. The molecule has 4 nitrogen and oxygen atoms in total. The van der Waals surface area contributed by atoms with Crippen molar-refractivity contribution in [1.29, 1.82) is 0 Å². The number of aliphatic hydroxyl groups is 1. The summed E-state index contributed by atoms with van der Waals surface area (Å²) in [7, 11) is 1.88. The molecule has 0 aliphatic heterocycles. The Balaban J connectivity index is 1.57. The molecule has 0 saturated heterocycles. The molecule has 1 saturated carbocycles. The molecule has 2 N–H and O–H groups in total. The highest BCUT2D eigenvalue weighted by molar-refractivity contribution is 5.14. The quantitative estimate of drug-likeness (QED) is 0.813. The summed E-state index contributed by atoms with van der Waals surface area (Å²) in [5, 5.41) is 13.8. The van der Waals surface area contributed by atoms with Gasteiger partial charge in [-0.25, -0.2) is 0 Å². The predicted molar refractivity (Wildman–Crippen MR) is 98.1 cm³/mol. The molecule has 0 radical (unpaired) electrons. The smallest absolute Gasteiger partial charge is 0.0956 e. The van der Waals surface area contributed by atoms with Gasteiger partial charge in [0.05, 0.1) is 31.5 Å². The molecular weight excluding hydrogens is 314 g/mol. The second-order valence-electron chi connectivity index (χ2n) is 6.61. The maximum Gasteiger partial charge on any atom is 0.0956 e. The van der Waals surface area contributed by atoms with E-state index in [1.807, 2.05) is 55.6 Å². The van der Waals surface area contributed by atoms with Gasteiger partial charge in [-0.05, 0) is 24.6 Å². The van der Waals surface area contributed by atoms with Crippen molar-refractivity contribution in [3.8, 4) is 0 Å². The molecule has 0 aromatic heterocycles. The third-order valence-corrected chi connectivity index (χ3v) is 4.81. The molecule has 1 fully saturated rings. The number of rotatable bonds is 7. The highest BCUT2D eigenvalue weighted by atomic mass is 16.5. The van der Waals surface area contributed by atoms with Crippen molar-refractivity contribution in [2.24, 2.45) is 0 Å². The normalized spacial score (nSPS) is 26.5. The van der Waals surface area contributed by atoms with E-state index in [4.69, 9.17) is 9.47 Å². The van der Waals surface area contributed by atoms with E-state index in [2.05, 4.69) is 17.4 Å². The third kappa shape index (κ3) is 5.13. The molecule has 134 valence electrons. The van der Waals surface area contributed by atoms with E-state index in [0.717, 1.165) is 17.5 Å². The Morgan fingerprint density at radius 2 is 1.44 bits per heavy atom. The van der Waals surface area contributed by atoms with Crippen LogP contribution in [0.4, 0.5) is 0 Å². The third-order valence-electron chi connectivity index (χ3n) is 4.81. The minimum atomic E-state index is -0.523. The Morgan fingerprint density at radius 1 is 0.880 bits per heavy atom.